The Bertz CT molecular complexity index is 608. The summed E-state index contributed by atoms with van der Waals surface area (Å²) in [7, 11) is 1.77. The van der Waals surface area contributed by atoms with Crippen LogP contribution in [0, 0.1) is 0 Å². The van der Waals surface area contributed by atoms with Crippen molar-refractivity contribution in [1.82, 2.24) is 9.55 Å². The molecular formula is C15H21N3O2. The number of hydrogen-bond acceptors (Lipinski definition) is 4. The predicted octanol–water partition coefficient (Wildman–Crippen LogP) is 2.76. The molecule has 0 saturated heterocycles. The zero-order valence-electron chi connectivity index (χ0n) is 12.0. The first-order valence-corrected chi connectivity index (χ1v) is 7.16. The highest BCUT2D eigenvalue weighted by Crippen LogP contribution is 2.37. The minimum Gasteiger partial charge on any atom is -0.492 e. The SMILES string of the molecule is CCOc1cccc2c1nc(N)n2C1CCC(OC)C1. The van der Waals surface area contributed by atoms with Gasteiger partial charge < -0.3 is 19.8 Å². The maximum atomic E-state index is 6.14. The van der Waals surface area contributed by atoms with Crippen LogP contribution in [-0.2, 0) is 4.74 Å². The Labute approximate surface area is 118 Å². The number of rotatable bonds is 4. The number of nitrogens with two attached hydrogens (primary N) is 1. The van der Waals surface area contributed by atoms with Crippen LogP contribution in [0.5, 0.6) is 5.75 Å². The molecule has 0 radical (unpaired) electrons. The highest BCUT2D eigenvalue weighted by atomic mass is 16.5. The number of benzene rings is 1. The maximum Gasteiger partial charge on any atom is 0.201 e. The molecular weight excluding hydrogens is 254 g/mol. The molecule has 0 spiro atoms. The summed E-state index contributed by atoms with van der Waals surface area (Å²) in [5.41, 5.74) is 8.05. The van der Waals surface area contributed by atoms with Gasteiger partial charge in [-0.15, -0.1) is 0 Å². The average molecular weight is 275 g/mol. The summed E-state index contributed by atoms with van der Waals surface area (Å²) >= 11 is 0. The van der Waals surface area contributed by atoms with E-state index < -0.39 is 0 Å². The molecule has 1 aliphatic carbocycles. The Morgan fingerprint density at radius 3 is 2.95 bits per heavy atom. The Morgan fingerprint density at radius 1 is 1.40 bits per heavy atom. The van der Waals surface area contributed by atoms with Gasteiger partial charge in [0.25, 0.3) is 0 Å². The van der Waals surface area contributed by atoms with Gasteiger partial charge in [-0.2, -0.15) is 0 Å². The van der Waals surface area contributed by atoms with E-state index in [1.165, 1.54) is 0 Å². The first-order valence-electron chi connectivity index (χ1n) is 7.16. The number of nitrogen functional groups attached to an aromatic ring is 1. The molecule has 2 N–H and O–H groups in total. The smallest absolute Gasteiger partial charge is 0.201 e. The number of methoxy groups -OCH3 is 1. The molecule has 3 rings (SSSR count). The van der Waals surface area contributed by atoms with Gasteiger partial charge in [-0.05, 0) is 38.3 Å². The van der Waals surface area contributed by atoms with Crippen LogP contribution < -0.4 is 10.5 Å². The Kier molecular flexibility index (Phi) is 3.53. The summed E-state index contributed by atoms with van der Waals surface area (Å²) in [6, 6.07) is 6.35. The molecule has 1 aromatic heterocycles. The van der Waals surface area contributed by atoms with Crippen LogP contribution in [0.2, 0.25) is 0 Å². The van der Waals surface area contributed by atoms with Crippen molar-refractivity contribution in [3.8, 4) is 5.75 Å². The van der Waals surface area contributed by atoms with Crippen molar-refractivity contribution in [2.24, 2.45) is 0 Å². The van der Waals surface area contributed by atoms with Crippen molar-refractivity contribution in [2.45, 2.75) is 38.3 Å². The van der Waals surface area contributed by atoms with E-state index in [-0.39, 0.29) is 0 Å². The third-order valence-corrected chi connectivity index (χ3v) is 4.07. The molecule has 5 heteroatoms. The number of ether oxygens (including phenoxy) is 2. The molecule has 1 heterocycles. The molecule has 108 valence electrons. The number of imidazole rings is 1. The van der Waals surface area contributed by atoms with Crippen molar-refractivity contribution in [3.63, 3.8) is 0 Å². The normalized spacial score (nSPS) is 22.5. The largest absolute Gasteiger partial charge is 0.492 e. The van der Waals surface area contributed by atoms with Crippen molar-refractivity contribution in [2.75, 3.05) is 19.5 Å². The summed E-state index contributed by atoms with van der Waals surface area (Å²) in [6.45, 7) is 2.60. The summed E-state index contributed by atoms with van der Waals surface area (Å²) in [6.07, 6.45) is 3.47. The molecule has 0 bridgehead atoms. The number of hydrogen-bond donors (Lipinski definition) is 1. The van der Waals surface area contributed by atoms with Gasteiger partial charge >= 0.3 is 0 Å². The highest BCUT2D eigenvalue weighted by molar-refractivity contribution is 5.84. The summed E-state index contributed by atoms with van der Waals surface area (Å²) < 4.78 is 13.2. The fourth-order valence-corrected chi connectivity index (χ4v) is 3.13. The van der Waals surface area contributed by atoms with Gasteiger partial charge in [-0.25, -0.2) is 4.98 Å². The van der Waals surface area contributed by atoms with E-state index in [0.29, 0.717) is 24.7 Å². The van der Waals surface area contributed by atoms with Crippen LogP contribution in [0.15, 0.2) is 18.2 Å². The van der Waals surface area contributed by atoms with E-state index in [1.807, 2.05) is 19.1 Å². The summed E-state index contributed by atoms with van der Waals surface area (Å²) in [5.74, 6) is 1.37. The van der Waals surface area contributed by atoms with Gasteiger partial charge in [0.15, 0.2) is 0 Å². The quantitative estimate of drug-likeness (QED) is 0.932. The molecule has 0 amide bonds. The van der Waals surface area contributed by atoms with Crippen LogP contribution in [0.3, 0.4) is 0 Å². The second-order valence-electron chi connectivity index (χ2n) is 5.22. The first-order chi connectivity index (χ1) is 9.74. The monoisotopic (exact) mass is 275 g/mol. The van der Waals surface area contributed by atoms with Crippen molar-refractivity contribution in [1.29, 1.82) is 0 Å². The maximum absolute atomic E-state index is 6.14. The van der Waals surface area contributed by atoms with E-state index in [0.717, 1.165) is 36.0 Å². The molecule has 2 aromatic rings. The Morgan fingerprint density at radius 2 is 2.25 bits per heavy atom. The zero-order chi connectivity index (χ0) is 14.1. The van der Waals surface area contributed by atoms with Crippen LogP contribution in [0.25, 0.3) is 11.0 Å². The van der Waals surface area contributed by atoms with Gasteiger partial charge in [0.1, 0.15) is 11.3 Å². The minimum absolute atomic E-state index is 0.326. The molecule has 1 aliphatic rings. The van der Waals surface area contributed by atoms with Gasteiger partial charge in [0, 0.05) is 13.2 Å². The first kappa shape index (κ1) is 13.2. The third kappa shape index (κ3) is 2.12. The van der Waals surface area contributed by atoms with Gasteiger partial charge in [-0.1, -0.05) is 6.07 Å². The molecule has 2 atom stereocenters. The molecule has 2 unspecified atom stereocenters. The number of anilines is 1. The minimum atomic E-state index is 0.326. The highest BCUT2D eigenvalue weighted by Gasteiger charge is 2.28. The van der Waals surface area contributed by atoms with E-state index in [1.54, 1.807) is 7.11 Å². The van der Waals surface area contributed by atoms with Gasteiger partial charge in [0.2, 0.25) is 5.95 Å². The second-order valence-corrected chi connectivity index (χ2v) is 5.22. The average Bonchev–Trinajstić information content (AvgIpc) is 3.02. The topological polar surface area (TPSA) is 62.3 Å². The Hall–Kier alpha value is -1.75. The molecule has 5 nitrogen and oxygen atoms in total. The molecule has 1 aromatic carbocycles. The van der Waals surface area contributed by atoms with Crippen LogP contribution in [-0.4, -0.2) is 29.4 Å². The molecule has 1 saturated carbocycles. The third-order valence-electron chi connectivity index (χ3n) is 4.07. The standard InChI is InChI=1S/C15H21N3O2/c1-3-20-13-6-4-5-12-14(13)17-15(16)18(12)10-7-8-11(9-10)19-2/h4-6,10-11H,3,7-9H2,1-2H3,(H2,16,17). The van der Waals surface area contributed by atoms with Gasteiger partial charge in [-0.3, -0.25) is 0 Å². The van der Waals surface area contributed by atoms with Crippen molar-refractivity contribution < 1.29 is 9.47 Å². The lowest BCUT2D eigenvalue weighted by atomic mass is 10.2. The second kappa shape index (κ2) is 5.32. The Balaban J connectivity index is 2.03. The summed E-state index contributed by atoms with van der Waals surface area (Å²) in [5, 5.41) is 0. The van der Waals surface area contributed by atoms with E-state index in [4.69, 9.17) is 15.2 Å². The summed E-state index contributed by atoms with van der Waals surface area (Å²) in [4.78, 5) is 4.50. The zero-order valence-corrected chi connectivity index (χ0v) is 12.0. The number of aromatic nitrogens is 2. The van der Waals surface area contributed by atoms with E-state index in [9.17, 15) is 0 Å². The molecule has 1 fully saturated rings. The van der Waals surface area contributed by atoms with E-state index in [2.05, 4.69) is 15.6 Å². The predicted molar refractivity (Wildman–Crippen MR) is 79.0 cm³/mol. The van der Waals surface area contributed by atoms with Crippen LogP contribution in [0.4, 0.5) is 5.95 Å². The lowest BCUT2D eigenvalue weighted by molar-refractivity contribution is 0.106. The molecule has 20 heavy (non-hydrogen) atoms. The van der Waals surface area contributed by atoms with Crippen molar-refractivity contribution >= 4 is 17.0 Å². The fourth-order valence-electron chi connectivity index (χ4n) is 3.13. The van der Waals surface area contributed by atoms with Gasteiger partial charge in [0.05, 0.1) is 18.2 Å². The number of nitrogens with zero attached hydrogens (tertiary/aromatic N) is 2. The van der Waals surface area contributed by atoms with Crippen LogP contribution >= 0.6 is 0 Å². The fraction of sp³-hybridized carbons (Fsp3) is 0.533. The lowest BCUT2D eigenvalue weighted by Gasteiger charge is -2.15. The lowest BCUT2D eigenvalue weighted by Crippen LogP contribution is -2.11. The number of para-hydroxylation sites is 1. The number of fused-ring (bicyclic) bond motifs is 1. The van der Waals surface area contributed by atoms with Crippen LogP contribution in [0.1, 0.15) is 32.2 Å². The van der Waals surface area contributed by atoms with Crippen molar-refractivity contribution in [3.05, 3.63) is 18.2 Å². The van der Waals surface area contributed by atoms with E-state index >= 15 is 0 Å². The molecule has 0 aliphatic heterocycles.